The molecule has 0 fully saturated rings. The van der Waals surface area contributed by atoms with Crippen LogP contribution in [-0.2, 0) is 11.2 Å². The fourth-order valence-electron chi connectivity index (χ4n) is 1.14. The lowest BCUT2D eigenvalue weighted by Gasteiger charge is -2.04. The van der Waals surface area contributed by atoms with Gasteiger partial charge in [0, 0.05) is 12.1 Å². The van der Waals surface area contributed by atoms with Crippen molar-refractivity contribution in [2.24, 2.45) is 0 Å². The van der Waals surface area contributed by atoms with Gasteiger partial charge in [-0.1, -0.05) is 12.1 Å². The predicted octanol–water partition coefficient (Wildman–Crippen LogP) is 1.93. The molecule has 2 nitrogen and oxygen atoms in total. The largest absolute Gasteiger partial charge is 0.398 e. The zero-order valence-electron chi connectivity index (χ0n) is 7.51. The third-order valence-electron chi connectivity index (χ3n) is 1.84. The molecule has 0 heterocycles. The van der Waals surface area contributed by atoms with E-state index in [1.54, 1.807) is 0 Å². The number of rotatable bonds is 3. The average Bonchev–Trinajstić information content (AvgIpc) is 2.09. The van der Waals surface area contributed by atoms with Gasteiger partial charge in [0.25, 0.3) is 0 Å². The van der Waals surface area contributed by atoms with Gasteiger partial charge in [-0.15, -0.1) is 11.6 Å². The van der Waals surface area contributed by atoms with Gasteiger partial charge in [-0.3, -0.25) is 4.79 Å². The van der Waals surface area contributed by atoms with Crippen LogP contribution >= 0.6 is 11.6 Å². The summed E-state index contributed by atoms with van der Waals surface area (Å²) in [6.45, 7) is 1.96. The summed E-state index contributed by atoms with van der Waals surface area (Å²) >= 11 is 5.40. The van der Waals surface area contributed by atoms with Crippen molar-refractivity contribution < 1.29 is 4.79 Å². The van der Waals surface area contributed by atoms with Crippen LogP contribution in [0.1, 0.15) is 11.1 Å². The highest BCUT2D eigenvalue weighted by Gasteiger charge is 2.04. The van der Waals surface area contributed by atoms with Crippen LogP contribution in [0.3, 0.4) is 0 Å². The number of halogens is 1. The van der Waals surface area contributed by atoms with Gasteiger partial charge in [-0.25, -0.2) is 0 Å². The summed E-state index contributed by atoms with van der Waals surface area (Å²) in [6, 6.07) is 5.67. The van der Waals surface area contributed by atoms with Crippen molar-refractivity contribution in [3.05, 3.63) is 29.3 Å². The van der Waals surface area contributed by atoms with Crippen molar-refractivity contribution in [3.8, 4) is 0 Å². The van der Waals surface area contributed by atoms with Crippen LogP contribution in [0.25, 0.3) is 0 Å². The maximum Gasteiger partial charge on any atom is 0.152 e. The first kappa shape index (κ1) is 10.1. The topological polar surface area (TPSA) is 43.1 Å². The third kappa shape index (κ3) is 2.74. The van der Waals surface area contributed by atoms with E-state index in [1.165, 1.54) is 0 Å². The molecule has 3 heteroatoms. The molecule has 0 amide bonds. The second-order valence-corrected chi connectivity index (χ2v) is 3.32. The smallest absolute Gasteiger partial charge is 0.152 e. The molecule has 1 aromatic carbocycles. The SMILES string of the molecule is Cc1ccc(CC(=O)CCl)c(N)c1. The first-order chi connectivity index (χ1) is 6.13. The lowest BCUT2D eigenvalue weighted by Crippen LogP contribution is -2.06. The fourth-order valence-corrected chi connectivity index (χ4v) is 1.23. The lowest BCUT2D eigenvalue weighted by atomic mass is 10.1. The van der Waals surface area contributed by atoms with Crippen LogP contribution in [0.5, 0.6) is 0 Å². The molecule has 0 atom stereocenters. The summed E-state index contributed by atoms with van der Waals surface area (Å²) in [6.07, 6.45) is 0.329. The molecule has 1 aromatic rings. The maximum absolute atomic E-state index is 11.0. The Bertz CT molecular complexity index is 323. The molecular weight excluding hydrogens is 186 g/mol. The molecule has 0 saturated carbocycles. The van der Waals surface area contributed by atoms with E-state index < -0.39 is 0 Å². The van der Waals surface area contributed by atoms with E-state index in [0.29, 0.717) is 12.1 Å². The van der Waals surface area contributed by atoms with Gasteiger partial charge in [0.05, 0.1) is 5.88 Å². The number of nitrogens with two attached hydrogens (primary N) is 1. The van der Waals surface area contributed by atoms with Gasteiger partial charge >= 0.3 is 0 Å². The third-order valence-corrected chi connectivity index (χ3v) is 2.14. The molecule has 0 aliphatic rings. The highest BCUT2D eigenvalue weighted by molar-refractivity contribution is 6.27. The Morgan fingerprint density at radius 3 is 2.77 bits per heavy atom. The Labute approximate surface area is 82.7 Å². The molecular formula is C10H12ClNO. The summed E-state index contributed by atoms with van der Waals surface area (Å²) in [4.78, 5) is 11.0. The number of carbonyl (C=O) groups excluding carboxylic acids is 1. The van der Waals surface area contributed by atoms with E-state index in [1.807, 2.05) is 25.1 Å². The number of aryl methyl sites for hydroxylation is 1. The number of alkyl halides is 1. The van der Waals surface area contributed by atoms with E-state index in [0.717, 1.165) is 11.1 Å². The highest BCUT2D eigenvalue weighted by Crippen LogP contribution is 2.14. The maximum atomic E-state index is 11.0. The molecule has 0 radical (unpaired) electrons. The second kappa shape index (κ2) is 4.28. The molecule has 13 heavy (non-hydrogen) atoms. The van der Waals surface area contributed by atoms with Gasteiger partial charge in [0.2, 0.25) is 0 Å². The summed E-state index contributed by atoms with van der Waals surface area (Å²) < 4.78 is 0. The Morgan fingerprint density at radius 1 is 1.54 bits per heavy atom. The van der Waals surface area contributed by atoms with E-state index in [9.17, 15) is 4.79 Å². The first-order valence-electron chi connectivity index (χ1n) is 4.06. The number of anilines is 1. The first-order valence-corrected chi connectivity index (χ1v) is 4.59. The molecule has 0 aromatic heterocycles. The van der Waals surface area contributed by atoms with Crippen LogP contribution in [0.2, 0.25) is 0 Å². The van der Waals surface area contributed by atoms with Gasteiger partial charge in [-0.05, 0) is 24.1 Å². The van der Waals surface area contributed by atoms with Crippen molar-refractivity contribution in [3.63, 3.8) is 0 Å². The van der Waals surface area contributed by atoms with Crippen molar-refractivity contribution in [1.82, 2.24) is 0 Å². The molecule has 2 N–H and O–H groups in total. The van der Waals surface area contributed by atoms with Crippen LogP contribution in [0.15, 0.2) is 18.2 Å². The van der Waals surface area contributed by atoms with Crippen molar-refractivity contribution >= 4 is 23.1 Å². The lowest BCUT2D eigenvalue weighted by molar-refractivity contribution is -0.116. The number of ketones is 1. The molecule has 0 aliphatic heterocycles. The zero-order chi connectivity index (χ0) is 9.84. The monoisotopic (exact) mass is 197 g/mol. The summed E-state index contributed by atoms with van der Waals surface area (Å²) in [5.41, 5.74) is 8.35. The Hall–Kier alpha value is -1.02. The van der Waals surface area contributed by atoms with Gasteiger partial charge < -0.3 is 5.73 Å². The second-order valence-electron chi connectivity index (χ2n) is 3.05. The Morgan fingerprint density at radius 2 is 2.23 bits per heavy atom. The minimum Gasteiger partial charge on any atom is -0.398 e. The number of hydrogen-bond acceptors (Lipinski definition) is 2. The predicted molar refractivity (Wildman–Crippen MR) is 55.0 cm³/mol. The summed E-state index contributed by atoms with van der Waals surface area (Å²) in [7, 11) is 0. The molecule has 70 valence electrons. The van der Waals surface area contributed by atoms with Crippen molar-refractivity contribution in [2.75, 3.05) is 11.6 Å². The minimum absolute atomic E-state index is 0.00257. The fraction of sp³-hybridized carbons (Fsp3) is 0.300. The number of carbonyl (C=O) groups is 1. The number of nitrogen functional groups attached to an aromatic ring is 1. The molecule has 0 spiro atoms. The van der Waals surface area contributed by atoms with Crippen LogP contribution in [0.4, 0.5) is 5.69 Å². The zero-order valence-corrected chi connectivity index (χ0v) is 8.27. The summed E-state index contributed by atoms with van der Waals surface area (Å²) in [5.74, 6) is 0.0464. The molecule has 0 saturated heterocycles. The Balaban J connectivity index is 2.83. The van der Waals surface area contributed by atoms with E-state index in [2.05, 4.69) is 0 Å². The van der Waals surface area contributed by atoms with E-state index in [-0.39, 0.29) is 11.7 Å². The van der Waals surface area contributed by atoms with E-state index >= 15 is 0 Å². The van der Waals surface area contributed by atoms with E-state index in [4.69, 9.17) is 17.3 Å². The normalized spacial score (nSPS) is 10.0. The molecule has 1 rings (SSSR count). The van der Waals surface area contributed by atoms with Gasteiger partial charge in [-0.2, -0.15) is 0 Å². The molecule has 0 unspecified atom stereocenters. The highest BCUT2D eigenvalue weighted by atomic mass is 35.5. The summed E-state index contributed by atoms with van der Waals surface area (Å²) in [5, 5.41) is 0. The van der Waals surface area contributed by atoms with Gasteiger partial charge in [0.15, 0.2) is 5.78 Å². The standard InChI is InChI=1S/C10H12ClNO/c1-7-2-3-8(10(12)4-7)5-9(13)6-11/h2-4H,5-6,12H2,1H3. The van der Waals surface area contributed by atoms with Gasteiger partial charge in [0.1, 0.15) is 0 Å². The Kier molecular flexibility index (Phi) is 3.32. The van der Waals surface area contributed by atoms with Crippen LogP contribution in [-0.4, -0.2) is 11.7 Å². The van der Waals surface area contributed by atoms with Crippen LogP contribution < -0.4 is 5.73 Å². The molecule has 0 aliphatic carbocycles. The van der Waals surface area contributed by atoms with Crippen molar-refractivity contribution in [1.29, 1.82) is 0 Å². The quantitative estimate of drug-likeness (QED) is 0.595. The minimum atomic E-state index is -0.00257. The van der Waals surface area contributed by atoms with Crippen molar-refractivity contribution in [2.45, 2.75) is 13.3 Å². The van der Waals surface area contributed by atoms with Crippen LogP contribution in [0, 0.1) is 6.92 Å². The molecule has 0 bridgehead atoms. The average molecular weight is 198 g/mol. The number of hydrogen-bond donors (Lipinski definition) is 1. The number of Topliss-reactive ketones (excluding diaryl/α,β-unsaturated/α-hetero) is 1. The number of benzene rings is 1.